The highest BCUT2D eigenvalue weighted by Gasteiger charge is 2.29. The molecule has 0 aliphatic carbocycles. The summed E-state index contributed by atoms with van der Waals surface area (Å²) in [4.78, 5) is 23.9. The number of esters is 2. The summed E-state index contributed by atoms with van der Waals surface area (Å²) in [6.07, 6.45) is 2.36. The van der Waals surface area contributed by atoms with Gasteiger partial charge in [-0.15, -0.1) is 0 Å². The summed E-state index contributed by atoms with van der Waals surface area (Å²) in [6, 6.07) is 20.9. The molecule has 0 atom stereocenters. The number of rotatable bonds is 10. The molecule has 8 nitrogen and oxygen atoms in total. The summed E-state index contributed by atoms with van der Waals surface area (Å²) >= 11 is 0. The Balaban J connectivity index is 2.05. The fraction of sp³-hybridized carbons (Fsp3) is 0.143. The molecule has 38 heavy (non-hydrogen) atoms. The van der Waals surface area contributed by atoms with Gasteiger partial charge in [0.2, 0.25) is 19.7 Å². The topological polar surface area (TPSA) is 121 Å². The summed E-state index contributed by atoms with van der Waals surface area (Å²) < 4.78 is 62.6. The Hall–Kier alpha value is -4.02. The number of hydrogen-bond donors (Lipinski definition) is 0. The van der Waals surface area contributed by atoms with Gasteiger partial charge in [-0.25, -0.2) is 26.4 Å². The van der Waals surface area contributed by atoms with Crippen molar-refractivity contribution in [2.45, 2.75) is 23.6 Å². The van der Waals surface area contributed by atoms with Crippen LogP contribution in [0.5, 0.6) is 0 Å². The van der Waals surface area contributed by atoms with E-state index in [0.29, 0.717) is 11.1 Å². The zero-order valence-corrected chi connectivity index (χ0v) is 22.4. The maximum Gasteiger partial charge on any atom is 0.350 e. The molecule has 0 amide bonds. The van der Waals surface area contributed by atoms with Gasteiger partial charge in [0, 0.05) is 0 Å². The van der Waals surface area contributed by atoms with Crippen molar-refractivity contribution in [3.63, 3.8) is 0 Å². The number of hydrogen-bond acceptors (Lipinski definition) is 8. The molecule has 0 fully saturated rings. The van der Waals surface area contributed by atoms with Gasteiger partial charge >= 0.3 is 11.9 Å². The van der Waals surface area contributed by atoms with E-state index in [2.05, 4.69) is 0 Å². The first-order valence-electron chi connectivity index (χ1n) is 11.6. The molecular formula is C28H26O8S2. The Labute approximate surface area is 222 Å². The molecule has 0 spiro atoms. The number of ether oxygens (including phenoxy) is 2. The van der Waals surface area contributed by atoms with Crippen molar-refractivity contribution in [1.29, 1.82) is 0 Å². The summed E-state index contributed by atoms with van der Waals surface area (Å²) in [6.45, 7) is 3.10. The molecule has 0 N–H and O–H groups in total. The van der Waals surface area contributed by atoms with Crippen LogP contribution in [0.3, 0.4) is 0 Å². The second-order valence-electron chi connectivity index (χ2n) is 7.76. The zero-order valence-electron chi connectivity index (χ0n) is 20.7. The van der Waals surface area contributed by atoms with Crippen LogP contribution in [-0.4, -0.2) is 42.0 Å². The highest BCUT2D eigenvalue weighted by atomic mass is 32.2. The third-order valence-corrected chi connectivity index (χ3v) is 8.68. The van der Waals surface area contributed by atoms with Gasteiger partial charge in [-0.05, 0) is 61.4 Å². The standard InChI is InChI=1S/C28H26O8S2/c1-3-35-27(29)25(37(31,32)23-11-7-5-8-12-23)19-21-15-17-22(18-16-21)20-26(28(30)36-4-2)38(33,34)24-13-9-6-10-14-24/h5-20H,3-4H2,1-2H3/b25-19+,26-20+. The van der Waals surface area contributed by atoms with Crippen LogP contribution in [0.2, 0.25) is 0 Å². The summed E-state index contributed by atoms with van der Waals surface area (Å²) in [5.41, 5.74) is 0.682. The molecule has 0 unspecified atom stereocenters. The Morgan fingerprint density at radius 2 is 0.895 bits per heavy atom. The first-order chi connectivity index (χ1) is 18.1. The van der Waals surface area contributed by atoms with E-state index in [9.17, 15) is 26.4 Å². The molecule has 198 valence electrons. The lowest BCUT2D eigenvalue weighted by atomic mass is 10.1. The quantitative estimate of drug-likeness (QED) is 0.266. The minimum Gasteiger partial charge on any atom is -0.462 e. The zero-order chi connectivity index (χ0) is 27.8. The molecule has 0 heterocycles. The van der Waals surface area contributed by atoms with Crippen LogP contribution >= 0.6 is 0 Å². The van der Waals surface area contributed by atoms with E-state index in [1.807, 2.05) is 0 Å². The SMILES string of the molecule is CCOC(=O)/C(=C\c1ccc(/C=C(\C(=O)OCC)S(=O)(=O)c2ccccc2)cc1)S(=O)(=O)c1ccccc1. The van der Waals surface area contributed by atoms with Gasteiger partial charge in [-0.1, -0.05) is 60.7 Å². The van der Waals surface area contributed by atoms with E-state index >= 15 is 0 Å². The third kappa shape index (κ3) is 6.64. The van der Waals surface area contributed by atoms with Gasteiger partial charge in [0.05, 0.1) is 23.0 Å². The van der Waals surface area contributed by atoms with Crippen LogP contribution < -0.4 is 0 Å². The smallest absolute Gasteiger partial charge is 0.350 e. The third-order valence-electron chi connectivity index (χ3n) is 5.17. The fourth-order valence-corrected chi connectivity index (χ4v) is 6.02. The first kappa shape index (κ1) is 28.5. The van der Waals surface area contributed by atoms with E-state index < -0.39 is 41.4 Å². The maximum absolute atomic E-state index is 13.2. The highest BCUT2D eigenvalue weighted by molar-refractivity contribution is 7.96. The molecular weight excluding hydrogens is 528 g/mol. The van der Waals surface area contributed by atoms with Crippen molar-refractivity contribution < 1.29 is 35.9 Å². The van der Waals surface area contributed by atoms with Crippen molar-refractivity contribution >= 4 is 43.8 Å². The molecule has 10 heteroatoms. The van der Waals surface area contributed by atoms with E-state index in [4.69, 9.17) is 9.47 Å². The molecule has 0 saturated carbocycles. The average Bonchev–Trinajstić information content (AvgIpc) is 2.92. The van der Waals surface area contributed by atoms with Crippen molar-refractivity contribution in [2.75, 3.05) is 13.2 Å². The number of carbonyl (C=O) groups excluding carboxylic acids is 2. The number of benzene rings is 3. The molecule has 0 aromatic heterocycles. The Bertz CT molecular complexity index is 1430. The number of carbonyl (C=O) groups is 2. The highest BCUT2D eigenvalue weighted by Crippen LogP contribution is 2.25. The Kier molecular flexibility index (Phi) is 9.38. The lowest BCUT2D eigenvalue weighted by Crippen LogP contribution is -2.17. The monoisotopic (exact) mass is 554 g/mol. The van der Waals surface area contributed by atoms with Gasteiger partial charge < -0.3 is 9.47 Å². The molecule has 3 aromatic rings. The average molecular weight is 555 g/mol. The van der Waals surface area contributed by atoms with Crippen LogP contribution in [0.4, 0.5) is 0 Å². The fourth-order valence-electron chi connectivity index (χ4n) is 3.34. The normalized spacial score (nSPS) is 12.6. The van der Waals surface area contributed by atoms with E-state index in [1.54, 1.807) is 50.2 Å². The first-order valence-corrected chi connectivity index (χ1v) is 14.6. The summed E-state index contributed by atoms with van der Waals surface area (Å²) in [7, 11) is -8.37. The molecule has 0 saturated heterocycles. The van der Waals surface area contributed by atoms with Crippen LogP contribution in [-0.2, 0) is 38.7 Å². The van der Waals surface area contributed by atoms with E-state index in [0.717, 1.165) is 0 Å². The van der Waals surface area contributed by atoms with Gasteiger partial charge in [-0.3, -0.25) is 0 Å². The number of sulfone groups is 2. The van der Waals surface area contributed by atoms with Gasteiger partial charge in [-0.2, -0.15) is 0 Å². The van der Waals surface area contributed by atoms with Crippen LogP contribution in [0.25, 0.3) is 12.2 Å². The van der Waals surface area contributed by atoms with Crippen molar-refractivity contribution in [3.8, 4) is 0 Å². The molecule has 3 rings (SSSR count). The van der Waals surface area contributed by atoms with Crippen LogP contribution in [0.1, 0.15) is 25.0 Å². The van der Waals surface area contributed by atoms with E-state index in [1.165, 1.54) is 60.7 Å². The summed E-state index contributed by atoms with van der Waals surface area (Å²) in [5, 5.41) is 0. The molecule has 0 radical (unpaired) electrons. The largest absolute Gasteiger partial charge is 0.462 e. The van der Waals surface area contributed by atoms with Crippen molar-refractivity contribution in [2.24, 2.45) is 0 Å². The molecule has 0 aliphatic rings. The predicted octanol–water partition coefficient (Wildman–Crippen LogP) is 4.44. The van der Waals surface area contributed by atoms with E-state index in [-0.39, 0.29) is 23.0 Å². The molecule has 0 aliphatic heterocycles. The minimum atomic E-state index is -4.18. The van der Waals surface area contributed by atoms with Crippen LogP contribution in [0.15, 0.2) is 105 Å². The lowest BCUT2D eigenvalue weighted by molar-refractivity contribution is -0.138. The van der Waals surface area contributed by atoms with Gasteiger partial charge in [0.25, 0.3) is 0 Å². The Morgan fingerprint density at radius 3 is 1.18 bits per heavy atom. The second kappa shape index (κ2) is 12.5. The second-order valence-corrected chi connectivity index (χ2v) is 11.6. The summed E-state index contributed by atoms with van der Waals surface area (Å²) in [5.74, 6) is -2.00. The molecule has 3 aromatic carbocycles. The van der Waals surface area contributed by atoms with Crippen molar-refractivity contribution in [1.82, 2.24) is 0 Å². The van der Waals surface area contributed by atoms with Crippen molar-refractivity contribution in [3.05, 3.63) is 106 Å². The lowest BCUT2D eigenvalue weighted by Gasteiger charge is -2.10. The van der Waals surface area contributed by atoms with Crippen LogP contribution in [0, 0.1) is 0 Å². The maximum atomic E-state index is 13.2. The molecule has 0 bridgehead atoms. The van der Waals surface area contributed by atoms with Gasteiger partial charge in [0.15, 0.2) is 9.81 Å². The minimum absolute atomic E-state index is 0.0171. The van der Waals surface area contributed by atoms with Gasteiger partial charge in [0.1, 0.15) is 0 Å². The Morgan fingerprint density at radius 1 is 0.579 bits per heavy atom. The predicted molar refractivity (Wildman–Crippen MR) is 143 cm³/mol.